The molecule has 2 rings (SSSR count). The average Bonchev–Trinajstić information content (AvgIpc) is 3.27. The molecule has 1 N–H and O–H groups in total. The van der Waals surface area contributed by atoms with Crippen LogP contribution in [0.2, 0.25) is 0 Å². The summed E-state index contributed by atoms with van der Waals surface area (Å²) < 4.78 is 69.8. The Bertz CT molecular complexity index is 728. The summed E-state index contributed by atoms with van der Waals surface area (Å²) in [6.45, 7) is 0.454. The molecule has 0 spiro atoms. The Morgan fingerprint density at radius 1 is 1.38 bits per heavy atom. The molecule has 0 amide bonds. The third kappa shape index (κ3) is 4.68. The predicted octanol–water partition coefficient (Wildman–Crippen LogP) is 1.74. The van der Waals surface area contributed by atoms with Gasteiger partial charge in [0.25, 0.3) is 0 Å². The number of carbonyl (C=O) groups is 1. The first-order chi connectivity index (χ1) is 11.0. The molecule has 1 saturated heterocycles. The maximum absolute atomic E-state index is 13.0. The van der Waals surface area contributed by atoms with Gasteiger partial charge in [-0.2, -0.15) is 17.5 Å². The van der Waals surface area contributed by atoms with Gasteiger partial charge in [0.05, 0.1) is 23.2 Å². The molecule has 0 saturated carbocycles. The highest BCUT2D eigenvalue weighted by molar-refractivity contribution is 7.89. The van der Waals surface area contributed by atoms with Crippen molar-refractivity contribution in [3.05, 3.63) is 29.3 Å². The number of benzene rings is 1. The van der Waals surface area contributed by atoms with Crippen molar-refractivity contribution in [2.45, 2.75) is 30.0 Å². The van der Waals surface area contributed by atoms with Crippen molar-refractivity contribution in [1.82, 2.24) is 4.31 Å². The van der Waals surface area contributed by atoms with E-state index in [0.29, 0.717) is 12.7 Å². The lowest BCUT2D eigenvalue weighted by molar-refractivity contribution is -0.138. The number of aryl methyl sites for hydroxylation is 1. The van der Waals surface area contributed by atoms with Crippen molar-refractivity contribution >= 4 is 16.0 Å². The van der Waals surface area contributed by atoms with Crippen molar-refractivity contribution in [2.24, 2.45) is 0 Å². The lowest BCUT2D eigenvalue weighted by atomic mass is 10.1. The van der Waals surface area contributed by atoms with Crippen molar-refractivity contribution in [1.29, 1.82) is 0 Å². The third-order valence-corrected chi connectivity index (χ3v) is 5.29. The summed E-state index contributed by atoms with van der Waals surface area (Å²) in [7, 11) is -2.87. The number of hydrogen-bond acceptors (Lipinski definition) is 4. The van der Waals surface area contributed by atoms with Crippen LogP contribution < -0.4 is 0 Å². The Hall–Kier alpha value is -1.65. The number of carboxylic acid groups (broad SMARTS) is 1. The molecule has 1 atom stereocenters. The molecule has 10 heteroatoms. The van der Waals surface area contributed by atoms with Crippen LogP contribution in [0.3, 0.4) is 0 Å². The van der Waals surface area contributed by atoms with Crippen LogP contribution >= 0.6 is 0 Å². The van der Waals surface area contributed by atoms with Gasteiger partial charge < -0.3 is 9.84 Å². The molecule has 1 aliphatic rings. The highest BCUT2D eigenvalue weighted by Gasteiger charge is 2.35. The van der Waals surface area contributed by atoms with E-state index in [2.05, 4.69) is 0 Å². The standard InChI is InChI=1S/C14H16F3NO5S/c1-18(7-11-8-23-11)24(21,22)12-5-9(2-3-13(19)20)4-10(6-12)14(15,16)17/h4-6,11H,2-3,7-8H2,1H3,(H,19,20)/t11-/m0/s1. The van der Waals surface area contributed by atoms with Crippen LogP contribution in [-0.4, -0.2) is 50.1 Å². The minimum Gasteiger partial charge on any atom is -0.481 e. The summed E-state index contributed by atoms with van der Waals surface area (Å²) in [5.41, 5.74) is -1.12. The molecule has 0 aliphatic carbocycles. The first kappa shape index (κ1) is 18.7. The van der Waals surface area contributed by atoms with Crippen LogP contribution in [0.1, 0.15) is 17.5 Å². The van der Waals surface area contributed by atoms with Crippen LogP contribution in [0.15, 0.2) is 23.1 Å². The molecule has 1 aromatic carbocycles. The summed E-state index contributed by atoms with van der Waals surface area (Å²) in [4.78, 5) is 10.1. The number of sulfonamides is 1. The van der Waals surface area contributed by atoms with E-state index in [1.807, 2.05) is 0 Å². The minimum atomic E-state index is -4.73. The average molecular weight is 367 g/mol. The second-order valence-corrected chi connectivity index (χ2v) is 7.54. The summed E-state index contributed by atoms with van der Waals surface area (Å²) in [5.74, 6) is -1.18. The lowest BCUT2D eigenvalue weighted by Crippen LogP contribution is -2.30. The predicted molar refractivity (Wildman–Crippen MR) is 77.0 cm³/mol. The van der Waals surface area contributed by atoms with Gasteiger partial charge in [0.2, 0.25) is 10.0 Å². The van der Waals surface area contributed by atoms with E-state index < -0.39 is 39.0 Å². The van der Waals surface area contributed by atoms with E-state index in [-0.39, 0.29) is 24.6 Å². The van der Waals surface area contributed by atoms with Crippen LogP contribution in [0.4, 0.5) is 13.2 Å². The quantitative estimate of drug-likeness (QED) is 0.742. The molecule has 0 aromatic heterocycles. The normalized spacial score (nSPS) is 18.0. The van der Waals surface area contributed by atoms with Crippen molar-refractivity contribution in [3.8, 4) is 0 Å². The Morgan fingerprint density at radius 2 is 2.00 bits per heavy atom. The molecule has 1 aromatic rings. The van der Waals surface area contributed by atoms with Gasteiger partial charge in [-0.05, 0) is 30.2 Å². The van der Waals surface area contributed by atoms with Crippen LogP contribution in [0.5, 0.6) is 0 Å². The molecular formula is C14H16F3NO5S. The van der Waals surface area contributed by atoms with Gasteiger partial charge in [-0.1, -0.05) is 0 Å². The lowest BCUT2D eigenvalue weighted by Gasteiger charge is -2.18. The van der Waals surface area contributed by atoms with E-state index in [1.54, 1.807) is 0 Å². The number of halogens is 3. The fraction of sp³-hybridized carbons (Fsp3) is 0.500. The molecule has 1 fully saturated rings. The Labute approximate surface area is 136 Å². The summed E-state index contributed by atoms with van der Waals surface area (Å²) in [6.07, 6.45) is -5.58. The van der Waals surface area contributed by atoms with Gasteiger partial charge in [0.1, 0.15) is 0 Å². The van der Waals surface area contributed by atoms with Gasteiger partial charge in [0, 0.05) is 20.0 Å². The number of epoxide rings is 1. The number of rotatable bonds is 7. The summed E-state index contributed by atoms with van der Waals surface area (Å²) in [6, 6.07) is 2.41. The molecule has 0 radical (unpaired) electrons. The summed E-state index contributed by atoms with van der Waals surface area (Å²) in [5, 5.41) is 8.66. The fourth-order valence-electron chi connectivity index (χ4n) is 2.11. The zero-order valence-corrected chi connectivity index (χ0v) is 13.5. The number of hydrogen-bond donors (Lipinski definition) is 1. The van der Waals surface area contributed by atoms with Gasteiger partial charge in [0.15, 0.2) is 0 Å². The van der Waals surface area contributed by atoms with Crippen LogP contribution in [0.25, 0.3) is 0 Å². The monoisotopic (exact) mass is 367 g/mol. The minimum absolute atomic E-state index is 0.00173. The zero-order chi connectivity index (χ0) is 18.1. The second-order valence-electron chi connectivity index (χ2n) is 5.50. The Kier molecular flexibility index (Phi) is 5.21. The summed E-state index contributed by atoms with van der Waals surface area (Å²) >= 11 is 0. The van der Waals surface area contributed by atoms with Crippen LogP contribution in [0, 0.1) is 0 Å². The first-order valence-corrected chi connectivity index (χ1v) is 8.45. The first-order valence-electron chi connectivity index (χ1n) is 7.01. The van der Waals surface area contributed by atoms with Crippen molar-refractivity contribution in [2.75, 3.05) is 20.2 Å². The number of ether oxygens (including phenoxy) is 1. The van der Waals surface area contributed by atoms with E-state index in [1.165, 1.54) is 7.05 Å². The largest absolute Gasteiger partial charge is 0.481 e. The molecule has 0 bridgehead atoms. The Morgan fingerprint density at radius 3 is 2.50 bits per heavy atom. The maximum atomic E-state index is 13.0. The van der Waals surface area contributed by atoms with E-state index >= 15 is 0 Å². The van der Waals surface area contributed by atoms with Gasteiger partial charge in [-0.3, -0.25) is 4.79 Å². The maximum Gasteiger partial charge on any atom is 0.416 e. The number of alkyl halides is 3. The van der Waals surface area contributed by atoms with Crippen molar-refractivity contribution in [3.63, 3.8) is 0 Å². The van der Waals surface area contributed by atoms with E-state index in [9.17, 15) is 26.4 Å². The molecular weight excluding hydrogens is 351 g/mol. The van der Waals surface area contributed by atoms with E-state index in [0.717, 1.165) is 16.4 Å². The molecule has 1 aliphatic heterocycles. The second kappa shape index (κ2) is 6.69. The van der Waals surface area contributed by atoms with Gasteiger partial charge >= 0.3 is 12.1 Å². The topological polar surface area (TPSA) is 87.2 Å². The highest BCUT2D eigenvalue weighted by Crippen LogP contribution is 2.33. The number of carboxylic acids is 1. The smallest absolute Gasteiger partial charge is 0.416 e. The van der Waals surface area contributed by atoms with Gasteiger partial charge in [-0.25, -0.2) is 8.42 Å². The number of likely N-dealkylation sites (N-methyl/N-ethyl adjacent to an activating group) is 1. The molecule has 0 unspecified atom stereocenters. The molecule has 6 nitrogen and oxygen atoms in total. The van der Waals surface area contributed by atoms with Crippen LogP contribution in [-0.2, 0) is 32.2 Å². The number of aliphatic carboxylic acids is 1. The number of nitrogens with zero attached hydrogens (tertiary/aromatic N) is 1. The zero-order valence-electron chi connectivity index (χ0n) is 12.7. The molecule has 24 heavy (non-hydrogen) atoms. The van der Waals surface area contributed by atoms with Crippen molar-refractivity contribution < 1.29 is 36.2 Å². The molecule has 1 heterocycles. The Balaban J connectivity index is 2.39. The third-order valence-electron chi connectivity index (χ3n) is 3.49. The molecule has 134 valence electrons. The highest BCUT2D eigenvalue weighted by atomic mass is 32.2. The van der Waals surface area contributed by atoms with Gasteiger partial charge in [-0.15, -0.1) is 0 Å². The SMILES string of the molecule is CN(C[C@H]1CO1)S(=O)(=O)c1cc(CCC(=O)O)cc(C(F)(F)F)c1. The fourth-order valence-corrected chi connectivity index (χ4v) is 3.41. The van der Waals surface area contributed by atoms with E-state index in [4.69, 9.17) is 9.84 Å².